The van der Waals surface area contributed by atoms with Crippen molar-refractivity contribution in [2.45, 2.75) is 26.3 Å². The lowest BCUT2D eigenvalue weighted by atomic mass is 10.0. The van der Waals surface area contributed by atoms with E-state index >= 15 is 0 Å². The molecule has 0 aliphatic rings. The second-order valence-corrected chi connectivity index (χ2v) is 4.53. The number of anilines is 1. The second-order valence-electron chi connectivity index (χ2n) is 4.53. The van der Waals surface area contributed by atoms with Crippen LogP contribution in [0.2, 0.25) is 0 Å². The van der Waals surface area contributed by atoms with Gasteiger partial charge in [0.2, 0.25) is 10.9 Å². The van der Waals surface area contributed by atoms with Crippen molar-refractivity contribution in [1.29, 1.82) is 0 Å². The van der Waals surface area contributed by atoms with Crippen molar-refractivity contribution < 1.29 is 0 Å². The normalized spacial score (nSPS) is 11.1. The summed E-state index contributed by atoms with van der Waals surface area (Å²) < 4.78 is 0. The van der Waals surface area contributed by atoms with Crippen LogP contribution in [0.1, 0.15) is 25.2 Å². The first-order valence-corrected chi connectivity index (χ1v) is 5.83. The van der Waals surface area contributed by atoms with Crippen LogP contribution in [0.4, 0.5) is 5.69 Å². The van der Waals surface area contributed by atoms with Gasteiger partial charge in [-0.3, -0.25) is 9.59 Å². The summed E-state index contributed by atoms with van der Waals surface area (Å²) in [4.78, 5) is 33.2. The standard InChI is InChI=1S/C13H15N3O2/c1-8(2)16(3)11-9(12(17)13(11)18)7-10-14-5-4-6-15-10/h4-6,8H,7H2,1-3H3. The summed E-state index contributed by atoms with van der Waals surface area (Å²) in [6.07, 6.45) is 3.57. The first-order valence-electron chi connectivity index (χ1n) is 5.83. The predicted octanol–water partition coefficient (Wildman–Crippen LogP) is 0.508. The van der Waals surface area contributed by atoms with Gasteiger partial charge in [-0.05, 0) is 19.9 Å². The average Bonchev–Trinajstić information content (AvgIpc) is 2.38. The van der Waals surface area contributed by atoms with E-state index in [1.54, 1.807) is 18.5 Å². The van der Waals surface area contributed by atoms with Crippen LogP contribution in [0.15, 0.2) is 28.0 Å². The molecule has 5 heteroatoms. The number of aromatic nitrogens is 2. The number of hydrogen-bond donors (Lipinski definition) is 0. The summed E-state index contributed by atoms with van der Waals surface area (Å²) in [6, 6.07) is 1.89. The Labute approximate surface area is 105 Å². The van der Waals surface area contributed by atoms with Crippen LogP contribution in [0.3, 0.4) is 0 Å². The molecule has 0 amide bonds. The van der Waals surface area contributed by atoms with Crippen molar-refractivity contribution in [1.82, 2.24) is 9.97 Å². The molecule has 0 bridgehead atoms. The molecular weight excluding hydrogens is 230 g/mol. The lowest BCUT2D eigenvalue weighted by Crippen LogP contribution is -2.44. The third kappa shape index (κ3) is 2.03. The smallest absolute Gasteiger partial charge is 0.249 e. The molecule has 1 aromatic heterocycles. The molecule has 0 saturated heterocycles. The molecule has 1 heterocycles. The maximum absolute atomic E-state index is 11.6. The van der Waals surface area contributed by atoms with Crippen LogP contribution in [0.5, 0.6) is 0 Å². The first-order chi connectivity index (χ1) is 8.52. The monoisotopic (exact) mass is 245 g/mol. The van der Waals surface area contributed by atoms with Crippen molar-refractivity contribution in [2.24, 2.45) is 0 Å². The Morgan fingerprint density at radius 2 is 1.78 bits per heavy atom. The zero-order valence-corrected chi connectivity index (χ0v) is 10.7. The zero-order chi connectivity index (χ0) is 13.3. The van der Waals surface area contributed by atoms with E-state index in [-0.39, 0.29) is 6.04 Å². The maximum Gasteiger partial charge on any atom is 0.249 e. The number of nitrogens with zero attached hydrogens (tertiary/aromatic N) is 3. The van der Waals surface area contributed by atoms with Crippen LogP contribution in [0, 0.1) is 0 Å². The van der Waals surface area contributed by atoms with E-state index in [0.717, 1.165) is 0 Å². The van der Waals surface area contributed by atoms with Gasteiger partial charge in [0.15, 0.2) is 0 Å². The molecule has 2 aromatic rings. The van der Waals surface area contributed by atoms with Crippen LogP contribution in [-0.2, 0) is 6.42 Å². The largest absolute Gasteiger partial charge is 0.369 e. The minimum Gasteiger partial charge on any atom is -0.369 e. The lowest BCUT2D eigenvalue weighted by molar-refractivity contribution is 0.740. The molecule has 5 nitrogen and oxygen atoms in total. The van der Waals surface area contributed by atoms with Gasteiger partial charge < -0.3 is 4.90 Å². The highest BCUT2D eigenvalue weighted by Gasteiger charge is 2.25. The molecule has 94 valence electrons. The quantitative estimate of drug-likeness (QED) is 0.734. The van der Waals surface area contributed by atoms with Gasteiger partial charge in [-0.25, -0.2) is 9.97 Å². The second kappa shape index (κ2) is 4.68. The van der Waals surface area contributed by atoms with E-state index in [1.165, 1.54) is 0 Å². The zero-order valence-electron chi connectivity index (χ0n) is 10.7. The van der Waals surface area contributed by atoms with Gasteiger partial charge >= 0.3 is 0 Å². The highest BCUT2D eigenvalue weighted by molar-refractivity contribution is 5.59. The van der Waals surface area contributed by atoms with Gasteiger partial charge in [-0.1, -0.05) is 0 Å². The van der Waals surface area contributed by atoms with Crippen LogP contribution < -0.4 is 15.8 Å². The Balaban J connectivity index is 2.33. The lowest BCUT2D eigenvalue weighted by Gasteiger charge is -2.26. The molecule has 0 spiro atoms. The Hall–Kier alpha value is -2.04. The average molecular weight is 245 g/mol. The van der Waals surface area contributed by atoms with Gasteiger partial charge in [0.1, 0.15) is 5.82 Å². The third-order valence-electron chi connectivity index (χ3n) is 3.06. The van der Waals surface area contributed by atoms with E-state index in [1.807, 2.05) is 25.8 Å². The van der Waals surface area contributed by atoms with Crippen molar-refractivity contribution >= 4 is 5.69 Å². The summed E-state index contributed by atoms with van der Waals surface area (Å²) in [7, 11) is 1.82. The van der Waals surface area contributed by atoms with E-state index in [9.17, 15) is 9.59 Å². The van der Waals surface area contributed by atoms with Gasteiger partial charge in [0, 0.05) is 37.5 Å². The Morgan fingerprint density at radius 3 is 2.33 bits per heavy atom. The van der Waals surface area contributed by atoms with Crippen molar-refractivity contribution in [3.05, 3.63) is 50.3 Å². The van der Waals surface area contributed by atoms with Gasteiger partial charge in [-0.2, -0.15) is 0 Å². The van der Waals surface area contributed by atoms with Crippen LogP contribution in [-0.4, -0.2) is 23.1 Å². The van der Waals surface area contributed by atoms with E-state index in [0.29, 0.717) is 23.5 Å². The molecule has 1 aromatic carbocycles. The van der Waals surface area contributed by atoms with Crippen LogP contribution in [0.25, 0.3) is 0 Å². The van der Waals surface area contributed by atoms with Gasteiger partial charge in [-0.15, -0.1) is 0 Å². The molecule has 0 aliphatic heterocycles. The summed E-state index contributed by atoms with van der Waals surface area (Å²) in [5.41, 5.74) is 0.201. The molecule has 2 rings (SSSR count). The third-order valence-corrected chi connectivity index (χ3v) is 3.06. The minimum atomic E-state index is -0.412. The van der Waals surface area contributed by atoms with Crippen molar-refractivity contribution in [3.63, 3.8) is 0 Å². The molecule has 0 atom stereocenters. The van der Waals surface area contributed by atoms with E-state index < -0.39 is 10.9 Å². The molecular formula is C13H15N3O2. The summed E-state index contributed by atoms with van der Waals surface area (Å²) >= 11 is 0. The summed E-state index contributed by atoms with van der Waals surface area (Å²) in [5, 5.41) is 0. The Kier molecular flexibility index (Phi) is 3.23. The fraction of sp³-hybridized carbons (Fsp3) is 0.385. The fourth-order valence-corrected chi connectivity index (χ4v) is 1.80. The molecule has 0 aliphatic carbocycles. The highest BCUT2D eigenvalue weighted by atomic mass is 16.2. The Bertz CT molecular complexity index is 613. The first kappa shape index (κ1) is 12.4. The van der Waals surface area contributed by atoms with E-state index in [4.69, 9.17) is 0 Å². The highest BCUT2D eigenvalue weighted by Crippen LogP contribution is 2.17. The SMILES string of the molecule is CC(C)N(C)c1c(Cc2ncccn2)c(=O)c1=O. The molecule has 0 radical (unpaired) electrons. The molecule has 0 N–H and O–H groups in total. The predicted molar refractivity (Wildman–Crippen MR) is 69.7 cm³/mol. The minimum absolute atomic E-state index is 0.170. The topological polar surface area (TPSA) is 63.2 Å². The number of hydrogen-bond acceptors (Lipinski definition) is 5. The Morgan fingerprint density at radius 1 is 1.17 bits per heavy atom. The summed E-state index contributed by atoms with van der Waals surface area (Å²) in [6.45, 7) is 3.94. The molecule has 18 heavy (non-hydrogen) atoms. The van der Waals surface area contributed by atoms with Crippen molar-refractivity contribution in [2.75, 3.05) is 11.9 Å². The maximum atomic E-state index is 11.6. The molecule has 0 unspecified atom stereocenters. The molecule has 0 fully saturated rings. The summed E-state index contributed by atoms with van der Waals surface area (Å²) in [5.74, 6) is 0.558. The van der Waals surface area contributed by atoms with Gasteiger partial charge in [0.25, 0.3) is 0 Å². The number of rotatable bonds is 4. The molecule has 0 saturated carbocycles. The van der Waals surface area contributed by atoms with Crippen LogP contribution >= 0.6 is 0 Å². The van der Waals surface area contributed by atoms with Gasteiger partial charge in [0.05, 0.1) is 5.69 Å². The fourth-order valence-electron chi connectivity index (χ4n) is 1.80. The van der Waals surface area contributed by atoms with E-state index in [2.05, 4.69) is 9.97 Å². The van der Waals surface area contributed by atoms with Crippen molar-refractivity contribution in [3.8, 4) is 0 Å².